The summed E-state index contributed by atoms with van der Waals surface area (Å²) >= 11 is 1.43. The number of halogens is 1. The van der Waals surface area contributed by atoms with Crippen LogP contribution in [0.25, 0.3) is 16.7 Å². The van der Waals surface area contributed by atoms with E-state index >= 15 is 0 Å². The molecule has 0 unspecified atom stereocenters. The summed E-state index contributed by atoms with van der Waals surface area (Å²) in [6.45, 7) is 6.21. The SMILES string of the molecule is Cc1nc2cc(C(=O)N3CC(N4CCN(C(=O)c5cscn5)CC4)C3)ccc2n1-c1ccc(F)cc1. The summed E-state index contributed by atoms with van der Waals surface area (Å²) in [6.07, 6.45) is 0. The Morgan fingerprint density at radius 1 is 0.972 bits per heavy atom. The van der Waals surface area contributed by atoms with Gasteiger partial charge in [-0.25, -0.2) is 14.4 Å². The molecule has 2 aromatic heterocycles. The number of hydrogen-bond donors (Lipinski definition) is 0. The molecule has 6 rings (SSSR count). The number of benzene rings is 2. The Bertz CT molecular complexity index is 1420. The van der Waals surface area contributed by atoms with Crippen LogP contribution in [0.2, 0.25) is 0 Å². The van der Waals surface area contributed by atoms with Gasteiger partial charge in [-0.15, -0.1) is 11.3 Å². The van der Waals surface area contributed by atoms with Gasteiger partial charge in [0, 0.05) is 61.9 Å². The van der Waals surface area contributed by atoms with Gasteiger partial charge in [-0.1, -0.05) is 0 Å². The molecule has 0 spiro atoms. The summed E-state index contributed by atoms with van der Waals surface area (Å²) < 4.78 is 15.3. The quantitative estimate of drug-likeness (QED) is 0.427. The fourth-order valence-corrected chi connectivity index (χ4v) is 5.58. The Morgan fingerprint density at radius 3 is 2.42 bits per heavy atom. The van der Waals surface area contributed by atoms with Crippen LogP contribution in [0.3, 0.4) is 0 Å². The first kappa shape index (κ1) is 22.8. The van der Waals surface area contributed by atoms with Crippen molar-refractivity contribution < 1.29 is 14.0 Å². The van der Waals surface area contributed by atoms with Gasteiger partial charge in [-0.2, -0.15) is 0 Å². The molecule has 2 aliphatic rings. The van der Waals surface area contributed by atoms with E-state index in [1.807, 2.05) is 39.5 Å². The van der Waals surface area contributed by atoms with Crippen LogP contribution in [-0.4, -0.2) is 86.4 Å². The maximum Gasteiger partial charge on any atom is 0.273 e. The first-order valence-corrected chi connectivity index (χ1v) is 12.9. The molecule has 2 saturated heterocycles. The molecular formula is C26H25FN6O2S. The maximum atomic E-state index is 13.4. The molecule has 184 valence electrons. The summed E-state index contributed by atoms with van der Waals surface area (Å²) in [5.41, 5.74) is 5.25. The molecule has 2 amide bonds. The van der Waals surface area contributed by atoms with E-state index in [2.05, 4.69) is 14.9 Å². The summed E-state index contributed by atoms with van der Waals surface area (Å²) in [5, 5.41) is 1.79. The Kier molecular flexibility index (Phi) is 5.77. The lowest BCUT2D eigenvalue weighted by molar-refractivity contribution is 0.00844. The number of amides is 2. The van der Waals surface area contributed by atoms with Crippen molar-refractivity contribution >= 4 is 34.2 Å². The molecule has 4 heterocycles. The number of nitrogens with zero attached hydrogens (tertiary/aromatic N) is 6. The number of rotatable bonds is 4. The van der Waals surface area contributed by atoms with Crippen molar-refractivity contribution in [2.75, 3.05) is 39.3 Å². The van der Waals surface area contributed by atoms with Crippen molar-refractivity contribution in [2.24, 2.45) is 0 Å². The number of fused-ring (bicyclic) bond motifs is 1. The minimum Gasteiger partial charge on any atom is -0.335 e. The van der Waals surface area contributed by atoms with Crippen molar-refractivity contribution in [3.8, 4) is 5.69 Å². The van der Waals surface area contributed by atoms with Crippen molar-refractivity contribution in [1.82, 2.24) is 29.2 Å². The van der Waals surface area contributed by atoms with Gasteiger partial charge in [0.15, 0.2) is 0 Å². The van der Waals surface area contributed by atoms with Gasteiger partial charge in [-0.05, 0) is 49.4 Å². The van der Waals surface area contributed by atoms with E-state index in [0.29, 0.717) is 43.5 Å². The molecule has 0 atom stereocenters. The number of hydrogen-bond acceptors (Lipinski definition) is 6. The first-order chi connectivity index (χ1) is 17.5. The lowest BCUT2D eigenvalue weighted by Crippen LogP contribution is -2.64. The zero-order valence-electron chi connectivity index (χ0n) is 19.8. The Labute approximate surface area is 211 Å². The van der Waals surface area contributed by atoms with Crippen LogP contribution >= 0.6 is 11.3 Å². The highest BCUT2D eigenvalue weighted by molar-refractivity contribution is 7.07. The van der Waals surface area contributed by atoms with Crippen LogP contribution in [-0.2, 0) is 0 Å². The van der Waals surface area contributed by atoms with E-state index < -0.39 is 0 Å². The van der Waals surface area contributed by atoms with E-state index in [0.717, 1.165) is 35.6 Å². The Balaban J connectivity index is 1.08. The molecule has 2 aliphatic heterocycles. The molecular weight excluding hydrogens is 479 g/mol. The zero-order chi connectivity index (χ0) is 24.8. The van der Waals surface area contributed by atoms with E-state index in [9.17, 15) is 14.0 Å². The molecule has 36 heavy (non-hydrogen) atoms. The minimum atomic E-state index is -0.285. The van der Waals surface area contributed by atoms with Gasteiger partial charge in [0.25, 0.3) is 11.8 Å². The van der Waals surface area contributed by atoms with E-state index in [-0.39, 0.29) is 17.6 Å². The lowest BCUT2D eigenvalue weighted by atomic mass is 10.0. The van der Waals surface area contributed by atoms with Crippen LogP contribution in [0, 0.1) is 12.7 Å². The average molecular weight is 505 g/mol. The Hall–Kier alpha value is -3.63. The molecule has 2 aromatic carbocycles. The molecule has 4 aromatic rings. The molecule has 10 heteroatoms. The van der Waals surface area contributed by atoms with Gasteiger partial charge in [0.2, 0.25) is 0 Å². The van der Waals surface area contributed by atoms with Gasteiger partial charge < -0.3 is 9.80 Å². The number of aromatic nitrogens is 3. The van der Waals surface area contributed by atoms with Gasteiger partial charge in [0.05, 0.1) is 16.5 Å². The molecule has 0 N–H and O–H groups in total. The Morgan fingerprint density at radius 2 is 1.72 bits per heavy atom. The molecule has 0 saturated carbocycles. The second kappa shape index (κ2) is 9.11. The number of thiazole rings is 1. The highest BCUT2D eigenvalue weighted by Crippen LogP contribution is 2.25. The number of carbonyl (C=O) groups is 2. The summed E-state index contributed by atoms with van der Waals surface area (Å²) in [7, 11) is 0. The highest BCUT2D eigenvalue weighted by atomic mass is 32.1. The topological polar surface area (TPSA) is 74.6 Å². The predicted octanol–water partition coefficient (Wildman–Crippen LogP) is 3.21. The standard InChI is InChI=1S/C26H25FN6O2S/c1-17-29-22-12-18(2-7-24(22)33(17)20-5-3-19(27)4-6-20)25(34)32-13-21(14-32)30-8-10-31(11-9-30)26(35)23-15-36-16-28-23/h2-7,12,15-16,21H,8-11,13-14H2,1H3. The third kappa shape index (κ3) is 4.06. The molecule has 0 radical (unpaired) electrons. The van der Waals surface area contributed by atoms with Gasteiger partial charge in [-0.3, -0.25) is 19.1 Å². The van der Waals surface area contributed by atoms with Crippen molar-refractivity contribution in [3.05, 3.63) is 76.3 Å². The molecule has 2 fully saturated rings. The van der Waals surface area contributed by atoms with E-state index in [4.69, 9.17) is 0 Å². The number of aryl methyl sites for hydroxylation is 1. The maximum absolute atomic E-state index is 13.4. The van der Waals surface area contributed by atoms with Gasteiger partial charge in [0.1, 0.15) is 17.3 Å². The molecule has 8 nitrogen and oxygen atoms in total. The average Bonchev–Trinajstić information content (AvgIpc) is 3.51. The zero-order valence-corrected chi connectivity index (χ0v) is 20.6. The largest absolute Gasteiger partial charge is 0.335 e. The smallest absolute Gasteiger partial charge is 0.273 e. The fraction of sp³-hybridized carbons (Fsp3) is 0.308. The second-order valence-corrected chi connectivity index (χ2v) is 9.96. The minimum absolute atomic E-state index is 0.000480. The van der Waals surface area contributed by atoms with E-state index in [1.165, 1.54) is 23.5 Å². The third-order valence-corrected chi connectivity index (χ3v) is 7.66. The summed E-state index contributed by atoms with van der Waals surface area (Å²) in [6, 6.07) is 12.2. The van der Waals surface area contributed by atoms with Gasteiger partial charge >= 0.3 is 0 Å². The van der Waals surface area contributed by atoms with Crippen LogP contribution < -0.4 is 0 Å². The van der Waals surface area contributed by atoms with Crippen LogP contribution in [0.5, 0.6) is 0 Å². The molecule has 0 bridgehead atoms. The number of piperazine rings is 1. The van der Waals surface area contributed by atoms with Crippen LogP contribution in [0.4, 0.5) is 4.39 Å². The number of imidazole rings is 1. The summed E-state index contributed by atoms with van der Waals surface area (Å²) in [4.78, 5) is 40.5. The first-order valence-electron chi connectivity index (χ1n) is 11.9. The van der Waals surface area contributed by atoms with Crippen molar-refractivity contribution in [1.29, 1.82) is 0 Å². The fourth-order valence-electron chi connectivity index (χ4n) is 5.05. The lowest BCUT2D eigenvalue weighted by Gasteiger charge is -2.48. The monoisotopic (exact) mass is 504 g/mol. The third-order valence-electron chi connectivity index (χ3n) is 7.07. The number of likely N-dealkylation sites (tertiary alicyclic amines) is 1. The van der Waals surface area contributed by atoms with Crippen LogP contribution in [0.1, 0.15) is 26.7 Å². The highest BCUT2D eigenvalue weighted by Gasteiger charge is 2.37. The normalized spacial score (nSPS) is 16.9. The molecule has 0 aliphatic carbocycles. The predicted molar refractivity (Wildman–Crippen MR) is 135 cm³/mol. The van der Waals surface area contributed by atoms with E-state index in [1.54, 1.807) is 23.0 Å². The summed E-state index contributed by atoms with van der Waals surface area (Å²) in [5.74, 6) is 0.485. The number of carbonyl (C=O) groups excluding carboxylic acids is 2. The van der Waals surface area contributed by atoms with Crippen molar-refractivity contribution in [2.45, 2.75) is 13.0 Å². The van der Waals surface area contributed by atoms with Crippen LogP contribution in [0.15, 0.2) is 53.4 Å². The second-order valence-electron chi connectivity index (χ2n) is 9.24. The van der Waals surface area contributed by atoms with Crippen molar-refractivity contribution in [3.63, 3.8) is 0 Å².